The topological polar surface area (TPSA) is 224 Å². The number of allylic oxidation sites excluding steroid dienone is 1. The van der Waals surface area contributed by atoms with Crippen LogP contribution in [0.5, 0.6) is 0 Å². The predicted octanol–water partition coefficient (Wildman–Crippen LogP) is 7.30. The van der Waals surface area contributed by atoms with E-state index in [1.54, 1.807) is 99.6 Å². The van der Waals surface area contributed by atoms with Gasteiger partial charge in [0.2, 0.25) is 0 Å². The predicted molar refractivity (Wildman–Crippen MR) is 264 cm³/mol. The maximum atomic E-state index is 15.7. The van der Waals surface area contributed by atoms with Crippen molar-refractivity contribution in [3.8, 4) is 0 Å². The molecule has 3 aromatic carbocycles. The first-order valence-electron chi connectivity index (χ1n) is 23.8. The van der Waals surface area contributed by atoms with Gasteiger partial charge in [0.25, 0.3) is 5.91 Å². The van der Waals surface area contributed by atoms with Gasteiger partial charge in [0.15, 0.2) is 37.7 Å². The maximum Gasteiger partial charge on any atom is 0.338 e. The molecule has 3 aromatic rings. The van der Waals surface area contributed by atoms with Crippen molar-refractivity contribution in [2.45, 2.75) is 135 Å². The zero-order valence-electron chi connectivity index (χ0n) is 42.9. The number of carbonyl (C=O) groups is 8. The van der Waals surface area contributed by atoms with Gasteiger partial charge < -0.3 is 38.5 Å². The molecule has 9 atom stereocenters. The number of aliphatic hydroxyl groups is 1. The van der Waals surface area contributed by atoms with Crippen LogP contribution < -0.4 is 5.32 Å². The van der Waals surface area contributed by atoms with E-state index in [0.717, 1.165) is 32.9 Å². The van der Waals surface area contributed by atoms with Crippen LogP contribution in [-0.2, 0) is 56.9 Å². The Labute approximate surface area is 420 Å². The van der Waals surface area contributed by atoms with Gasteiger partial charge in [-0.25, -0.2) is 9.59 Å². The fourth-order valence-electron chi connectivity index (χ4n) is 10.1. The van der Waals surface area contributed by atoms with Crippen LogP contribution >= 0.6 is 0 Å². The Balaban J connectivity index is 1.67. The number of nitrogens with one attached hydrogen (secondary N) is 1. The van der Waals surface area contributed by atoms with E-state index in [4.69, 9.17) is 28.1 Å². The summed E-state index contributed by atoms with van der Waals surface area (Å²) in [5.74, 6) is -9.27. The Kier molecular flexibility index (Phi) is 15.6. The van der Waals surface area contributed by atoms with Crippen LogP contribution in [0.2, 0.25) is 18.1 Å². The van der Waals surface area contributed by atoms with E-state index in [1.165, 1.54) is 19.1 Å². The standard InChI is InChI=1S/C55H65NO15Si/c1-32-39(69-50(64)44(71-72(11,12)51(5,6)7)42(36-22-16-13-17-23-36)56-48(62)37-24-18-14-19-25-37)30-55(70-49(63)38-26-20-15-21-27-38)47(68-35(4)59)45-53(10,40(60)28-29-54(45,65)31-66-33(2)57)46(61)43(67-34(3)58)41(32)52(55,8)9/h13-29,39,42-45,47,65H,30-31H2,1-12H3,(H,56,62)/t39-,42-,43+,44+,45-,47-,53+,54+,55+/m0/s1. The fourth-order valence-corrected chi connectivity index (χ4v) is 11.4. The molecule has 0 aromatic heterocycles. The summed E-state index contributed by atoms with van der Waals surface area (Å²) in [6, 6.07) is 23.7. The van der Waals surface area contributed by atoms with Crippen molar-refractivity contribution < 1.29 is 71.6 Å². The highest BCUT2D eigenvalue weighted by Gasteiger charge is 2.75. The van der Waals surface area contributed by atoms with E-state index in [0.29, 0.717) is 11.1 Å². The summed E-state index contributed by atoms with van der Waals surface area (Å²) in [6.07, 6.45) is -5.75. The first kappa shape index (κ1) is 54.8. The SMILES string of the molecule is CC(=O)OC[C@]1(O)C=CC(=O)[C@@]2(C)C(=O)[C@H](OC(C)=O)C3=C(C)[C@@H](OC(=O)[C@H](O[Si](C)(C)C(C)(C)C)[C@@H](NC(=O)c4ccccc4)c4ccccc4)C[C@@](OC(=O)c4ccccc4)([C@@H](OC(C)=O)[C@@H]21)C3(C)C. The molecular formula is C55H65NO15Si. The van der Waals surface area contributed by atoms with Crippen LogP contribution in [0.4, 0.5) is 0 Å². The highest BCUT2D eigenvalue weighted by Crippen LogP contribution is 2.62. The molecule has 2 N–H and O–H groups in total. The lowest BCUT2D eigenvalue weighted by molar-refractivity contribution is -0.243. The quantitative estimate of drug-likeness (QED) is 0.0531. The van der Waals surface area contributed by atoms with E-state index in [9.17, 15) is 33.9 Å². The minimum Gasteiger partial charge on any atom is -0.462 e. The Morgan fingerprint density at radius 2 is 1.32 bits per heavy atom. The van der Waals surface area contributed by atoms with Crippen molar-refractivity contribution in [1.82, 2.24) is 5.32 Å². The Bertz CT molecular complexity index is 2680. The van der Waals surface area contributed by atoms with Crippen LogP contribution in [-0.4, -0.2) is 103 Å². The molecule has 3 aliphatic carbocycles. The first-order valence-corrected chi connectivity index (χ1v) is 26.7. The molecule has 17 heteroatoms. The van der Waals surface area contributed by atoms with E-state index in [2.05, 4.69) is 5.32 Å². The van der Waals surface area contributed by atoms with E-state index in [-0.39, 0.29) is 16.7 Å². The summed E-state index contributed by atoms with van der Waals surface area (Å²) in [6.45, 7) is 17.9. The molecule has 16 nitrogen and oxygen atoms in total. The van der Waals surface area contributed by atoms with Crippen molar-refractivity contribution in [3.63, 3.8) is 0 Å². The Morgan fingerprint density at radius 1 is 0.778 bits per heavy atom. The number of benzene rings is 3. The molecule has 384 valence electrons. The summed E-state index contributed by atoms with van der Waals surface area (Å²) >= 11 is 0. The second-order valence-electron chi connectivity index (χ2n) is 21.1. The number of amides is 1. The third-order valence-corrected chi connectivity index (χ3v) is 19.4. The summed E-state index contributed by atoms with van der Waals surface area (Å²) in [7, 11) is -3.00. The molecular weight excluding hydrogens is 943 g/mol. The number of ether oxygens (including phenoxy) is 5. The van der Waals surface area contributed by atoms with Gasteiger partial charge in [-0.2, -0.15) is 0 Å². The van der Waals surface area contributed by atoms with E-state index < -0.39 is 132 Å². The Hall–Kier alpha value is -6.56. The minimum atomic E-state index is -3.00. The summed E-state index contributed by atoms with van der Waals surface area (Å²) in [4.78, 5) is 114. The average molecular weight is 1010 g/mol. The van der Waals surface area contributed by atoms with Gasteiger partial charge >= 0.3 is 29.8 Å². The van der Waals surface area contributed by atoms with E-state index in [1.807, 2.05) is 33.9 Å². The number of hydrogen-bond donors (Lipinski definition) is 2. The molecule has 0 spiro atoms. The molecule has 0 unspecified atom stereocenters. The number of hydrogen-bond acceptors (Lipinski definition) is 15. The fraction of sp³-hybridized carbons (Fsp3) is 0.455. The molecule has 1 fully saturated rings. The van der Waals surface area contributed by atoms with Crippen molar-refractivity contribution in [3.05, 3.63) is 131 Å². The lowest BCUT2D eigenvalue weighted by Gasteiger charge is -2.62. The summed E-state index contributed by atoms with van der Waals surface area (Å²) in [5, 5.41) is 15.4. The molecule has 0 saturated heterocycles. The van der Waals surface area contributed by atoms with Crippen LogP contribution in [0, 0.1) is 16.7 Å². The lowest BCUT2D eigenvalue weighted by Crippen LogP contribution is -2.75. The van der Waals surface area contributed by atoms with E-state index >= 15 is 9.59 Å². The van der Waals surface area contributed by atoms with Crippen molar-refractivity contribution in [2.75, 3.05) is 6.61 Å². The molecule has 6 rings (SSSR count). The third kappa shape index (κ3) is 10.4. The highest BCUT2D eigenvalue weighted by atomic mass is 28.4. The van der Waals surface area contributed by atoms with Crippen LogP contribution in [0.1, 0.15) is 108 Å². The molecule has 0 aliphatic heterocycles. The van der Waals surface area contributed by atoms with Gasteiger partial charge in [0.05, 0.1) is 17.5 Å². The maximum absolute atomic E-state index is 15.7. The molecule has 0 radical (unpaired) electrons. The zero-order valence-corrected chi connectivity index (χ0v) is 43.9. The number of esters is 5. The number of ketones is 2. The first-order chi connectivity index (χ1) is 33.5. The van der Waals surface area contributed by atoms with Gasteiger partial charge in [0.1, 0.15) is 29.8 Å². The molecule has 72 heavy (non-hydrogen) atoms. The highest BCUT2D eigenvalue weighted by molar-refractivity contribution is 6.74. The van der Waals surface area contributed by atoms with Gasteiger partial charge in [-0.1, -0.05) is 101 Å². The van der Waals surface area contributed by atoms with Crippen LogP contribution in [0.25, 0.3) is 0 Å². The smallest absolute Gasteiger partial charge is 0.338 e. The monoisotopic (exact) mass is 1010 g/mol. The minimum absolute atomic E-state index is 0.0144. The number of Topliss-reactive ketones (excluding diaryl/α,β-unsaturated/α-hetero) is 1. The number of fused-ring (bicyclic) bond motifs is 3. The summed E-state index contributed by atoms with van der Waals surface area (Å²) < 4.78 is 38.0. The largest absolute Gasteiger partial charge is 0.462 e. The van der Waals surface area contributed by atoms with Crippen LogP contribution in [0.15, 0.2) is 114 Å². The molecule has 1 saturated carbocycles. The molecule has 1 amide bonds. The van der Waals surface area contributed by atoms with Gasteiger partial charge in [-0.15, -0.1) is 0 Å². The normalized spacial score (nSPS) is 26.6. The third-order valence-electron chi connectivity index (χ3n) is 15.0. The van der Waals surface area contributed by atoms with Crippen molar-refractivity contribution in [2.24, 2.45) is 16.7 Å². The second-order valence-corrected chi connectivity index (χ2v) is 25.8. The number of carbonyl (C=O) groups excluding carboxylic acids is 8. The zero-order chi connectivity index (χ0) is 53.4. The van der Waals surface area contributed by atoms with Crippen LogP contribution in [0.3, 0.4) is 0 Å². The molecule has 2 bridgehead atoms. The average Bonchev–Trinajstić information content (AvgIpc) is 3.31. The lowest BCUT2D eigenvalue weighted by atomic mass is 9.47. The second kappa shape index (κ2) is 20.5. The summed E-state index contributed by atoms with van der Waals surface area (Å²) in [5.41, 5.74) is -8.29. The number of rotatable bonds is 14. The molecule has 0 heterocycles. The Morgan fingerprint density at radius 3 is 1.85 bits per heavy atom. The van der Waals surface area contributed by atoms with Crippen molar-refractivity contribution >= 4 is 55.6 Å². The van der Waals surface area contributed by atoms with Gasteiger partial charge in [-0.3, -0.25) is 28.8 Å². The van der Waals surface area contributed by atoms with Gasteiger partial charge in [0, 0.05) is 38.2 Å². The van der Waals surface area contributed by atoms with Crippen molar-refractivity contribution in [1.29, 1.82) is 0 Å². The van der Waals surface area contributed by atoms with Gasteiger partial charge in [-0.05, 0) is 85.1 Å². The molecule has 3 aliphatic rings.